The van der Waals surface area contributed by atoms with Crippen molar-refractivity contribution in [3.8, 4) is 5.75 Å². The van der Waals surface area contributed by atoms with Crippen molar-refractivity contribution in [2.45, 2.75) is 20.3 Å². The fourth-order valence-corrected chi connectivity index (χ4v) is 1.11. The average molecular weight is 223 g/mol. The van der Waals surface area contributed by atoms with Crippen LogP contribution in [0.1, 0.15) is 18.9 Å². The van der Waals surface area contributed by atoms with E-state index >= 15 is 0 Å². The lowest BCUT2D eigenvalue weighted by atomic mass is 10.2. The van der Waals surface area contributed by atoms with Gasteiger partial charge in [-0.05, 0) is 19.1 Å². The number of hydrogen-bond acceptors (Lipinski definition) is 3. The van der Waals surface area contributed by atoms with Gasteiger partial charge >= 0.3 is 0 Å². The maximum Gasteiger partial charge on any atom is 0.240 e. The van der Waals surface area contributed by atoms with Gasteiger partial charge in [-0.3, -0.25) is 9.63 Å². The summed E-state index contributed by atoms with van der Waals surface area (Å²) in [7, 11) is 0. The highest BCUT2D eigenvalue weighted by atomic mass is 16.6. The van der Waals surface area contributed by atoms with Gasteiger partial charge in [-0.25, -0.2) is 5.48 Å². The monoisotopic (exact) mass is 223 g/mol. The largest absolute Gasteiger partial charge is 0.494 e. The number of rotatable bonds is 6. The Morgan fingerprint density at radius 3 is 2.56 bits per heavy atom. The van der Waals surface area contributed by atoms with Gasteiger partial charge in [0.1, 0.15) is 5.75 Å². The number of benzene rings is 1. The Morgan fingerprint density at radius 2 is 1.94 bits per heavy atom. The van der Waals surface area contributed by atoms with Crippen molar-refractivity contribution in [3.63, 3.8) is 0 Å². The summed E-state index contributed by atoms with van der Waals surface area (Å²) in [6, 6.07) is 7.88. The van der Waals surface area contributed by atoms with Gasteiger partial charge in [0.2, 0.25) is 5.91 Å². The van der Waals surface area contributed by atoms with Gasteiger partial charge in [-0.2, -0.15) is 0 Å². The van der Waals surface area contributed by atoms with Crippen molar-refractivity contribution < 1.29 is 14.4 Å². The summed E-state index contributed by atoms with van der Waals surface area (Å²) < 4.78 is 5.48. The highest BCUT2D eigenvalue weighted by Crippen LogP contribution is 2.11. The summed E-state index contributed by atoms with van der Waals surface area (Å²) in [4.78, 5) is 15.3. The smallest absolute Gasteiger partial charge is 0.240 e. The summed E-state index contributed by atoms with van der Waals surface area (Å²) in [5.74, 6) is 0.657. The zero-order valence-electron chi connectivity index (χ0n) is 9.66. The van der Waals surface area contributed by atoms with Crippen molar-refractivity contribution in [1.82, 2.24) is 5.48 Å². The van der Waals surface area contributed by atoms with Crippen LogP contribution >= 0.6 is 0 Å². The molecule has 88 valence electrons. The van der Waals surface area contributed by atoms with Gasteiger partial charge < -0.3 is 4.74 Å². The molecule has 0 saturated carbocycles. The van der Waals surface area contributed by atoms with Crippen molar-refractivity contribution in [3.05, 3.63) is 29.8 Å². The van der Waals surface area contributed by atoms with E-state index in [1.54, 1.807) is 0 Å². The van der Waals surface area contributed by atoms with Crippen LogP contribution in [0.5, 0.6) is 5.75 Å². The van der Waals surface area contributed by atoms with Gasteiger partial charge in [0.25, 0.3) is 0 Å². The normalized spacial score (nSPS) is 9.88. The topological polar surface area (TPSA) is 47.6 Å². The van der Waals surface area contributed by atoms with E-state index < -0.39 is 0 Å². The van der Waals surface area contributed by atoms with Gasteiger partial charge in [0.05, 0.1) is 13.2 Å². The van der Waals surface area contributed by atoms with Gasteiger partial charge in [-0.1, -0.05) is 17.7 Å². The molecule has 0 radical (unpaired) electrons. The summed E-state index contributed by atoms with van der Waals surface area (Å²) in [6.45, 7) is 4.46. The number of amides is 1. The highest BCUT2D eigenvalue weighted by molar-refractivity contribution is 5.71. The molecule has 0 spiro atoms. The number of hydrogen-bond donors (Lipinski definition) is 1. The zero-order chi connectivity index (χ0) is 11.8. The standard InChI is InChI=1S/C12H17NO3/c1-10-4-6-12(7-5-10)15-8-3-9-16-13-11(2)14/h4-7H,3,8-9H2,1-2H3,(H,13,14). The van der Waals surface area contributed by atoms with Crippen LogP contribution in [0, 0.1) is 6.92 Å². The summed E-state index contributed by atoms with van der Waals surface area (Å²) in [6.07, 6.45) is 0.730. The van der Waals surface area contributed by atoms with Crippen molar-refractivity contribution in [2.24, 2.45) is 0 Å². The number of nitrogens with one attached hydrogen (secondary N) is 1. The Morgan fingerprint density at radius 1 is 1.25 bits per heavy atom. The molecule has 1 N–H and O–H groups in total. The quantitative estimate of drug-likeness (QED) is 0.591. The van der Waals surface area contributed by atoms with Crippen LogP contribution in [0.3, 0.4) is 0 Å². The van der Waals surface area contributed by atoms with Crippen molar-refractivity contribution in [1.29, 1.82) is 0 Å². The van der Waals surface area contributed by atoms with Crippen LogP contribution in [-0.2, 0) is 9.63 Å². The van der Waals surface area contributed by atoms with E-state index in [9.17, 15) is 4.79 Å². The van der Waals surface area contributed by atoms with Gasteiger partial charge in [0, 0.05) is 13.3 Å². The Kier molecular flexibility index (Phi) is 5.36. The maximum absolute atomic E-state index is 10.5. The first-order valence-electron chi connectivity index (χ1n) is 5.26. The molecule has 0 bridgehead atoms. The Bertz CT molecular complexity index is 322. The van der Waals surface area contributed by atoms with E-state index in [2.05, 4.69) is 5.48 Å². The van der Waals surface area contributed by atoms with E-state index in [1.165, 1.54) is 12.5 Å². The highest BCUT2D eigenvalue weighted by Gasteiger charge is 1.94. The predicted molar refractivity (Wildman–Crippen MR) is 61.1 cm³/mol. The lowest BCUT2D eigenvalue weighted by Gasteiger charge is -2.06. The van der Waals surface area contributed by atoms with Crippen LogP contribution in [0.2, 0.25) is 0 Å². The Hall–Kier alpha value is -1.55. The molecule has 1 amide bonds. The first-order valence-corrected chi connectivity index (χ1v) is 5.26. The molecular formula is C12H17NO3. The number of hydroxylamine groups is 1. The lowest BCUT2D eigenvalue weighted by Crippen LogP contribution is -2.21. The van der Waals surface area contributed by atoms with Crippen LogP contribution in [-0.4, -0.2) is 19.1 Å². The average Bonchev–Trinajstić information content (AvgIpc) is 2.25. The molecule has 1 rings (SSSR count). The minimum Gasteiger partial charge on any atom is -0.494 e. The molecule has 0 atom stereocenters. The predicted octanol–water partition coefficient (Wildman–Crippen LogP) is 1.83. The van der Waals surface area contributed by atoms with E-state index in [-0.39, 0.29) is 5.91 Å². The first kappa shape index (κ1) is 12.5. The molecule has 0 fully saturated rings. The fourth-order valence-electron chi connectivity index (χ4n) is 1.11. The molecule has 4 nitrogen and oxygen atoms in total. The van der Waals surface area contributed by atoms with E-state index in [4.69, 9.17) is 9.57 Å². The van der Waals surface area contributed by atoms with Crippen LogP contribution < -0.4 is 10.2 Å². The van der Waals surface area contributed by atoms with E-state index in [0.717, 1.165) is 12.2 Å². The number of ether oxygens (including phenoxy) is 1. The van der Waals surface area contributed by atoms with Crippen LogP contribution in [0.4, 0.5) is 0 Å². The number of carbonyl (C=O) groups excluding carboxylic acids is 1. The third kappa shape index (κ3) is 5.36. The minimum absolute atomic E-state index is 0.195. The second-order valence-corrected chi connectivity index (χ2v) is 3.52. The second-order valence-electron chi connectivity index (χ2n) is 3.52. The number of aryl methyl sites for hydroxylation is 1. The molecule has 0 saturated heterocycles. The van der Waals surface area contributed by atoms with E-state index in [0.29, 0.717) is 13.2 Å². The molecular weight excluding hydrogens is 206 g/mol. The molecule has 0 aromatic heterocycles. The van der Waals surface area contributed by atoms with Gasteiger partial charge in [0.15, 0.2) is 0 Å². The van der Waals surface area contributed by atoms with Crippen molar-refractivity contribution in [2.75, 3.05) is 13.2 Å². The third-order valence-corrected chi connectivity index (χ3v) is 1.90. The summed E-state index contributed by atoms with van der Waals surface area (Å²) in [5, 5.41) is 0. The molecule has 1 aromatic carbocycles. The summed E-state index contributed by atoms with van der Waals surface area (Å²) in [5.41, 5.74) is 3.47. The number of carbonyl (C=O) groups is 1. The second kappa shape index (κ2) is 6.85. The molecule has 16 heavy (non-hydrogen) atoms. The van der Waals surface area contributed by atoms with E-state index in [1.807, 2.05) is 31.2 Å². The van der Waals surface area contributed by atoms with Crippen molar-refractivity contribution >= 4 is 5.91 Å². The summed E-state index contributed by atoms with van der Waals surface area (Å²) >= 11 is 0. The third-order valence-electron chi connectivity index (χ3n) is 1.90. The fraction of sp³-hybridized carbons (Fsp3) is 0.417. The molecule has 4 heteroatoms. The molecule has 1 aromatic rings. The Balaban J connectivity index is 2.07. The molecule has 0 aliphatic carbocycles. The molecule has 0 unspecified atom stereocenters. The lowest BCUT2D eigenvalue weighted by molar-refractivity contribution is -0.131. The molecule has 0 aliphatic rings. The van der Waals surface area contributed by atoms with Crippen LogP contribution in [0.15, 0.2) is 24.3 Å². The van der Waals surface area contributed by atoms with Crippen LogP contribution in [0.25, 0.3) is 0 Å². The minimum atomic E-state index is -0.195. The van der Waals surface area contributed by atoms with Gasteiger partial charge in [-0.15, -0.1) is 0 Å². The SMILES string of the molecule is CC(=O)NOCCCOc1ccc(C)cc1. The zero-order valence-corrected chi connectivity index (χ0v) is 9.66. The Labute approximate surface area is 95.5 Å². The molecule has 0 heterocycles. The first-order chi connectivity index (χ1) is 7.68. The molecule has 0 aliphatic heterocycles. The maximum atomic E-state index is 10.5.